The molecule has 0 fully saturated rings. The van der Waals surface area contributed by atoms with Crippen molar-refractivity contribution < 1.29 is 4.79 Å². The highest BCUT2D eigenvalue weighted by Gasteiger charge is 2.13. The Bertz CT molecular complexity index is 650. The summed E-state index contributed by atoms with van der Waals surface area (Å²) < 4.78 is 0. The summed E-state index contributed by atoms with van der Waals surface area (Å²) in [5.74, 6) is 0.105. The molecule has 0 radical (unpaired) electrons. The molecule has 0 bridgehead atoms. The molecule has 0 heterocycles. The average Bonchev–Trinajstić information content (AvgIpc) is 2.51. The number of aryl methyl sites for hydroxylation is 2. The number of rotatable bonds is 5. The highest BCUT2D eigenvalue weighted by atomic mass is 16.1. The molecule has 0 aliphatic rings. The van der Waals surface area contributed by atoms with E-state index in [1.807, 2.05) is 12.1 Å². The maximum atomic E-state index is 12.0. The zero-order valence-electron chi connectivity index (χ0n) is 14.6. The first-order valence-electron chi connectivity index (χ1n) is 8.27. The Hall–Kier alpha value is -2.09. The van der Waals surface area contributed by atoms with Crippen molar-refractivity contribution in [2.24, 2.45) is 0 Å². The zero-order valence-corrected chi connectivity index (χ0v) is 14.6. The number of amides is 1. The van der Waals surface area contributed by atoms with Gasteiger partial charge in [-0.25, -0.2) is 0 Å². The number of nitrogens with one attached hydrogen (secondary N) is 1. The molecule has 0 aromatic heterocycles. The maximum Gasteiger partial charge on any atom is 0.220 e. The van der Waals surface area contributed by atoms with Crippen LogP contribution in [0.4, 0.5) is 0 Å². The SMILES string of the molecule is Cc1ccccc1CNC(=O)CCc1ccc(C(C)(C)C)cc1. The Labute approximate surface area is 139 Å². The van der Waals surface area contributed by atoms with Gasteiger partial charge in [-0.15, -0.1) is 0 Å². The highest BCUT2D eigenvalue weighted by molar-refractivity contribution is 5.76. The minimum absolute atomic E-state index is 0.105. The van der Waals surface area contributed by atoms with E-state index in [4.69, 9.17) is 0 Å². The van der Waals surface area contributed by atoms with Crippen molar-refractivity contribution in [3.05, 3.63) is 70.8 Å². The Morgan fingerprint density at radius 3 is 2.26 bits per heavy atom. The third-order valence-corrected chi connectivity index (χ3v) is 4.20. The normalized spacial score (nSPS) is 11.3. The fourth-order valence-corrected chi connectivity index (χ4v) is 2.52. The van der Waals surface area contributed by atoms with Gasteiger partial charge in [0.25, 0.3) is 0 Å². The van der Waals surface area contributed by atoms with E-state index in [9.17, 15) is 4.79 Å². The van der Waals surface area contributed by atoms with E-state index in [0.29, 0.717) is 13.0 Å². The standard InChI is InChI=1S/C21H27NO/c1-16-7-5-6-8-18(16)15-22-20(23)14-11-17-9-12-19(13-10-17)21(2,3)4/h5-10,12-13H,11,14-15H2,1-4H3,(H,22,23). The monoisotopic (exact) mass is 309 g/mol. The summed E-state index contributed by atoms with van der Waals surface area (Å²) in [4.78, 5) is 12.0. The molecule has 2 rings (SSSR count). The van der Waals surface area contributed by atoms with Crippen molar-refractivity contribution in [1.29, 1.82) is 0 Å². The fourth-order valence-electron chi connectivity index (χ4n) is 2.52. The smallest absolute Gasteiger partial charge is 0.220 e. The zero-order chi connectivity index (χ0) is 16.9. The number of hydrogen-bond acceptors (Lipinski definition) is 1. The molecule has 2 nitrogen and oxygen atoms in total. The lowest BCUT2D eigenvalue weighted by molar-refractivity contribution is -0.121. The molecule has 1 amide bonds. The van der Waals surface area contributed by atoms with Crippen LogP contribution < -0.4 is 5.32 Å². The van der Waals surface area contributed by atoms with Crippen LogP contribution in [-0.4, -0.2) is 5.91 Å². The highest BCUT2D eigenvalue weighted by Crippen LogP contribution is 2.22. The lowest BCUT2D eigenvalue weighted by Crippen LogP contribution is -2.23. The molecule has 1 N–H and O–H groups in total. The predicted molar refractivity (Wildman–Crippen MR) is 96.5 cm³/mol. The van der Waals surface area contributed by atoms with Crippen LogP contribution in [0.3, 0.4) is 0 Å². The third kappa shape index (κ3) is 5.24. The quantitative estimate of drug-likeness (QED) is 0.863. The lowest BCUT2D eigenvalue weighted by atomic mass is 9.86. The minimum atomic E-state index is 0.105. The van der Waals surface area contributed by atoms with E-state index in [0.717, 1.165) is 6.42 Å². The number of carbonyl (C=O) groups is 1. The van der Waals surface area contributed by atoms with E-state index < -0.39 is 0 Å². The molecule has 0 aliphatic carbocycles. The van der Waals surface area contributed by atoms with Crippen molar-refractivity contribution in [2.75, 3.05) is 0 Å². The van der Waals surface area contributed by atoms with E-state index in [1.54, 1.807) is 0 Å². The molecule has 0 unspecified atom stereocenters. The van der Waals surface area contributed by atoms with Crippen molar-refractivity contribution in [2.45, 2.75) is 52.5 Å². The van der Waals surface area contributed by atoms with Crippen LogP contribution in [0.1, 0.15) is 49.4 Å². The molecule has 0 saturated carbocycles. The van der Waals surface area contributed by atoms with Gasteiger partial charge in [-0.1, -0.05) is 69.3 Å². The summed E-state index contributed by atoms with van der Waals surface area (Å²) in [6.45, 7) is 9.30. The molecule has 0 atom stereocenters. The Morgan fingerprint density at radius 2 is 1.65 bits per heavy atom. The fraction of sp³-hybridized carbons (Fsp3) is 0.381. The van der Waals surface area contributed by atoms with E-state index in [2.05, 4.69) is 69.4 Å². The third-order valence-electron chi connectivity index (χ3n) is 4.20. The second-order valence-electron chi connectivity index (χ2n) is 7.15. The van der Waals surface area contributed by atoms with Crippen LogP contribution in [0, 0.1) is 6.92 Å². The van der Waals surface area contributed by atoms with Gasteiger partial charge in [0.05, 0.1) is 0 Å². The van der Waals surface area contributed by atoms with E-state index >= 15 is 0 Å². The van der Waals surface area contributed by atoms with Crippen LogP contribution in [0.5, 0.6) is 0 Å². The van der Waals surface area contributed by atoms with Crippen LogP contribution in [0.2, 0.25) is 0 Å². The summed E-state index contributed by atoms with van der Waals surface area (Å²) in [5, 5.41) is 3.01. The number of benzene rings is 2. The van der Waals surface area contributed by atoms with Gasteiger partial charge < -0.3 is 5.32 Å². The number of carbonyl (C=O) groups excluding carboxylic acids is 1. The van der Waals surface area contributed by atoms with Crippen LogP contribution in [-0.2, 0) is 23.2 Å². The molecule has 2 aromatic carbocycles. The molecule has 122 valence electrons. The molecular formula is C21H27NO. The first kappa shape index (κ1) is 17.3. The first-order valence-corrected chi connectivity index (χ1v) is 8.27. The van der Waals surface area contributed by atoms with Crippen LogP contribution in [0.15, 0.2) is 48.5 Å². The van der Waals surface area contributed by atoms with Gasteiger partial charge in [0, 0.05) is 13.0 Å². The van der Waals surface area contributed by atoms with Gasteiger partial charge in [0.15, 0.2) is 0 Å². The van der Waals surface area contributed by atoms with Crippen molar-refractivity contribution in [1.82, 2.24) is 5.32 Å². The summed E-state index contributed by atoms with van der Waals surface area (Å²) >= 11 is 0. The van der Waals surface area contributed by atoms with Crippen LogP contribution in [0.25, 0.3) is 0 Å². The van der Waals surface area contributed by atoms with Crippen molar-refractivity contribution >= 4 is 5.91 Å². The Kier molecular flexibility index (Phi) is 5.59. The van der Waals surface area contributed by atoms with Crippen molar-refractivity contribution in [3.8, 4) is 0 Å². The second kappa shape index (κ2) is 7.45. The summed E-state index contributed by atoms with van der Waals surface area (Å²) in [6.07, 6.45) is 1.31. The van der Waals surface area contributed by atoms with Crippen LogP contribution >= 0.6 is 0 Å². The predicted octanol–water partition coefficient (Wildman–Crippen LogP) is 4.54. The molecule has 2 aromatic rings. The molecule has 0 aliphatic heterocycles. The van der Waals surface area contributed by atoms with Crippen molar-refractivity contribution in [3.63, 3.8) is 0 Å². The lowest BCUT2D eigenvalue weighted by Gasteiger charge is -2.19. The summed E-state index contributed by atoms with van der Waals surface area (Å²) in [6, 6.07) is 16.7. The first-order chi connectivity index (χ1) is 10.9. The topological polar surface area (TPSA) is 29.1 Å². The molecular weight excluding hydrogens is 282 g/mol. The van der Waals surface area contributed by atoms with Gasteiger partial charge in [0.1, 0.15) is 0 Å². The molecule has 0 saturated heterocycles. The van der Waals surface area contributed by atoms with E-state index in [1.165, 1.54) is 22.3 Å². The number of hydrogen-bond donors (Lipinski definition) is 1. The van der Waals surface area contributed by atoms with E-state index in [-0.39, 0.29) is 11.3 Å². The summed E-state index contributed by atoms with van der Waals surface area (Å²) in [7, 11) is 0. The van der Waals surface area contributed by atoms with Gasteiger partial charge >= 0.3 is 0 Å². The minimum Gasteiger partial charge on any atom is -0.352 e. The Balaban J connectivity index is 1.81. The second-order valence-corrected chi connectivity index (χ2v) is 7.15. The van der Waals surface area contributed by atoms with Gasteiger partial charge in [0.2, 0.25) is 5.91 Å². The van der Waals surface area contributed by atoms with Gasteiger partial charge in [-0.3, -0.25) is 4.79 Å². The molecule has 23 heavy (non-hydrogen) atoms. The van der Waals surface area contributed by atoms with Gasteiger partial charge in [-0.2, -0.15) is 0 Å². The molecule has 0 spiro atoms. The maximum absolute atomic E-state index is 12.0. The van der Waals surface area contributed by atoms with Gasteiger partial charge in [-0.05, 0) is 41.0 Å². The largest absolute Gasteiger partial charge is 0.352 e. The average molecular weight is 309 g/mol. The Morgan fingerprint density at radius 1 is 1.00 bits per heavy atom. The summed E-state index contributed by atoms with van der Waals surface area (Å²) in [5.41, 5.74) is 5.10. The molecule has 2 heteroatoms.